The molecule has 2 unspecified atom stereocenters. The number of ether oxygens (including phenoxy) is 1. The van der Waals surface area contributed by atoms with Gasteiger partial charge in [-0.1, -0.05) is 26.8 Å². The number of hydrogen-bond donors (Lipinski definition) is 1. The molecule has 112 valence electrons. The standard InChI is InChI=1S/C17H25BrO2/c1-12-8-16(2,3)11-17(19,9-12)10-13-5-6-15(20-4)14(18)7-13/h5-7,12,19H,8-11H2,1-4H3. The summed E-state index contributed by atoms with van der Waals surface area (Å²) >= 11 is 3.52. The summed E-state index contributed by atoms with van der Waals surface area (Å²) in [5, 5.41) is 11.0. The average molecular weight is 341 g/mol. The van der Waals surface area contributed by atoms with Gasteiger partial charge in [-0.05, 0) is 64.2 Å². The van der Waals surface area contributed by atoms with Crippen molar-refractivity contribution in [2.24, 2.45) is 11.3 Å². The maximum absolute atomic E-state index is 11.0. The summed E-state index contributed by atoms with van der Waals surface area (Å²) in [7, 11) is 1.67. The van der Waals surface area contributed by atoms with Crippen LogP contribution >= 0.6 is 15.9 Å². The van der Waals surface area contributed by atoms with Crippen molar-refractivity contribution in [3.8, 4) is 5.75 Å². The van der Waals surface area contributed by atoms with Crippen molar-refractivity contribution in [2.45, 2.75) is 52.1 Å². The molecule has 0 aliphatic heterocycles. The molecular weight excluding hydrogens is 316 g/mol. The van der Waals surface area contributed by atoms with Crippen LogP contribution in [-0.4, -0.2) is 17.8 Å². The summed E-state index contributed by atoms with van der Waals surface area (Å²) in [5.41, 5.74) is 0.788. The van der Waals surface area contributed by atoms with Crippen molar-refractivity contribution in [1.29, 1.82) is 0 Å². The van der Waals surface area contributed by atoms with Crippen LogP contribution in [0, 0.1) is 11.3 Å². The van der Waals surface area contributed by atoms with Crippen LogP contribution in [0.15, 0.2) is 22.7 Å². The minimum atomic E-state index is -0.588. The normalized spacial score (nSPS) is 29.2. The van der Waals surface area contributed by atoms with Crippen molar-refractivity contribution >= 4 is 15.9 Å². The molecule has 2 nitrogen and oxygen atoms in total. The van der Waals surface area contributed by atoms with E-state index in [-0.39, 0.29) is 5.41 Å². The predicted molar refractivity (Wildman–Crippen MR) is 86.1 cm³/mol. The van der Waals surface area contributed by atoms with Gasteiger partial charge in [-0.25, -0.2) is 0 Å². The van der Waals surface area contributed by atoms with Gasteiger partial charge in [0.2, 0.25) is 0 Å². The third-order valence-corrected chi connectivity index (χ3v) is 4.81. The number of rotatable bonds is 3. The molecule has 0 saturated heterocycles. The van der Waals surface area contributed by atoms with Crippen LogP contribution in [0.2, 0.25) is 0 Å². The van der Waals surface area contributed by atoms with Crippen LogP contribution in [-0.2, 0) is 6.42 Å². The second-order valence-corrected chi connectivity index (χ2v) is 8.08. The second kappa shape index (κ2) is 5.69. The quantitative estimate of drug-likeness (QED) is 0.872. The van der Waals surface area contributed by atoms with E-state index in [4.69, 9.17) is 4.74 Å². The van der Waals surface area contributed by atoms with Crippen molar-refractivity contribution < 1.29 is 9.84 Å². The number of aliphatic hydroxyl groups is 1. The minimum absolute atomic E-state index is 0.218. The zero-order chi connectivity index (χ0) is 15.0. The lowest BCUT2D eigenvalue weighted by atomic mass is 9.64. The molecule has 1 aliphatic rings. The van der Waals surface area contributed by atoms with Gasteiger partial charge in [-0.15, -0.1) is 0 Å². The molecule has 0 aromatic heterocycles. The van der Waals surface area contributed by atoms with Gasteiger partial charge in [0.05, 0.1) is 17.2 Å². The summed E-state index contributed by atoms with van der Waals surface area (Å²) in [5.74, 6) is 1.41. The number of benzene rings is 1. The Balaban J connectivity index is 2.17. The number of methoxy groups -OCH3 is 1. The van der Waals surface area contributed by atoms with Gasteiger partial charge in [0, 0.05) is 6.42 Å². The first-order valence-corrected chi connectivity index (χ1v) is 8.07. The molecule has 0 bridgehead atoms. The van der Waals surface area contributed by atoms with E-state index >= 15 is 0 Å². The third-order valence-electron chi connectivity index (χ3n) is 4.19. The molecule has 1 fully saturated rings. The lowest BCUT2D eigenvalue weighted by Crippen LogP contribution is -2.43. The van der Waals surface area contributed by atoms with E-state index in [1.54, 1.807) is 7.11 Å². The Morgan fingerprint density at radius 3 is 2.60 bits per heavy atom. The Bertz CT molecular complexity index is 484. The fourth-order valence-electron chi connectivity index (χ4n) is 4.03. The summed E-state index contributed by atoms with van der Waals surface area (Å²) in [6, 6.07) is 6.07. The fraction of sp³-hybridized carbons (Fsp3) is 0.647. The highest BCUT2D eigenvalue weighted by molar-refractivity contribution is 9.10. The molecule has 0 radical (unpaired) electrons. The zero-order valence-electron chi connectivity index (χ0n) is 12.9. The Hall–Kier alpha value is -0.540. The molecule has 0 amide bonds. The third kappa shape index (κ3) is 3.76. The van der Waals surface area contributed by atoms with Crippen LogP contribution in [0.5, 0.6) is 5.75 Å². The lowest BCUT2D eigenvalue weighted by molar-refractivity contribution is -0.0574. The largest absolute Gasteiger partial charge is 0.496 e. The van der Waals surface area contributed by atoms with E-state index in [1.165, 1.54) is 6.42 Å². The van der Waals surface area contributed by atoms with E-state index in [9.17, 15) is 5.11 Å². The molecular formula is C17H25BrO2. The second-order valence-electron chi connectivity index (χ2n) is 7.22. The van der Waals surface area contributed by atoms with Crippen LogP contribution in [0.1, 0.15) is 45.6 Å². The Kier molecular flexibility index (Phi) is 4.50. The molecule has 1 N–H and O–H groups in total. The van der Waals surface area contributed by atoms with E-state index in [0.29, 0.717) is 12.3 Å². The molecule has 1 aromatic carbocycles. The van der Waals surface area contributed by atoms with Crippen molar-refractivity contribution in [2.75, 3.05) is 7.11 Å². The Morgan fingerprint density at radius 1 is 1.35 bits per heavy atom. The maximum Gasteiger partial charge on any atom is 0.133 e. The van der Waals surface area contributed by atoms with Crippen molar-refractivity contribution in [3.05, 3.63) is 28.2 Å². The summed E-state index contributed by atoms with van der Waals surface area (Å²) in [6.45, 7) is 6.77. The van der Waals surface area contributed by atoms with Crippen LogP contribution in [0.25, 0.3) is 0 Å². The molecule has 2 rings (SSSR count). The van der Waals surface area contributed by atoms with Crippen molar-refractivity contribution in [3.63, 3.8) is 0 Å². The SMILES string of the molecule is COc1ccc(CC2(O)CC(C)CC(C)(C)C2)cc1Br. The topological polar surface area (TPSA) is 29.5 Å². The average Bonchev–Trinajstić information content (AvgIpc) is 2.24. The summed E-state index contributed by atoms with van der Waals surface area (Å²) in [4.78, 5) is 0. The van der Waals surface area contributed by atoms with E-state index < -0.39 is 5.60 Å². The first-order valence-electron chi connectivity index (χ1n) is 7.28. The molecule has 1 aliphatic carbocycles. The highest BCUT2D eigenvalue weighted by Crippen LogP contribution is 2.45. The zero-order valence-corrected chi connectivity index (χ0v) is 14.5. The van der Waals surface area contributed by atoms with E-state index in [1.807, 2.05) is 12.1 Å². The smallest absolute Gasteiger partial charge is 0.133 e. The molecule has 1 aromatic rings. The van der Waals surface area contributed by atoms with Gasteiger partial charge in [-0.2, -0.15) is 0 Å². The van der Waals surface area contributed by atoms with Gasteiger partial charge in [0.25, 0.3) is 0 Å². The molecule has 3 heteroatoms. The van der Waals surface area contributed by atoms with Gasteiger partial charge in [0.15, 0.2) is 0 Å². The van der Waals surface area contributed by atoms with Crippen LogP contribution in [0.3, 0.4) is 0 Å². The lowest BCUT2D eigenvalue weighted by Gasteiger charge is -2.44. The first-order chi connectivity index (χ1) is 9.23. The monoisotopic (exact) mass is 340 g/mol. The summed E-state index contributed by atoms with van der Waals surface area (Å²) in [6.07, 6.45) is 3.67. The molecule has 0 heterocycles. The first kappa shape index (κ1) is 15.8. The van der Waals surface area contributed by atoms with Crippen molar-refractivity contribution in [1.82, 2.24) is 0 Å². The molecule has 2 atom stereocenters. The Labute approximate surface area is 130 Å². The van der Waals surface area contributed by atoms with Gasteiger partial charge in [0.1, 0.15) is 5.75 Å². The predicted octanol–water partition coefficient (Wildman–Crippen LogP) is 4.58. The van der Waals surface area contributed by atoms with Crippen LogP contribution in [0.4, 0.5) is 0 Å². The molecule has 1 saturated carbocycles. The fourth-order valence-corrected chi connectivity index (χ4v) is 4.62. The molecule has 20 heavy (non-hydrogen) atoms. The highest BCUT2D eigenvalue weighted by Gasteiger charge is 2.41. The minimum Gasteiger partial charge on any atom is -0.496 e. The number of halogens is 1. The molecule has 0 spiro atoms. The van der Waals surface area contributed by atoms with E-state index in [2.05, 4.69) is 42.8 Å². The summed E-state index contributed by atoms with van der Waals surface area (Å²) < 4.78 is 6.20. The van der Waals surface area contributed by atoms with Crippen LogP contribution < -0.4 is 4.74 Å². The Morgan fingerprint density at radius 2 is 2.05 bits per heavy atom. The van der Waals surface area contributed by atoms with Gasteiger partial charge >= 0.3 is 0 Å². The van der Waals surface area contributed by atoms with Gasteiger partial charge < -0.3 is 9.84 Å². The van der Waals surface area contributed by atoms with E-state index in [0.717, 1.165) is 28.6 Å². The highest BCUT2D eigenvalue weighted by atomic mass is 79.9. The maximum atomic E-state index is 11.0. The number of hydrogen-bond acceptors (Lipinski definition) is 2. The van der Waals surface area contributed by atoms with Gasteiger partial charge in [-0.3, -0.25) is 0 Å².